The lowest BCUT2D eigenvalue weighted by Crippen LogP contribution is -2.14. The fourth-order valence-electron chi connectivity index (χ4n) is 0.619. The first-order chi connectivity index (χ1) is 4.33. The van der Waals surface area contributed by atoms with Crippen molar-refractivity contribution in [3.63, 3.8) is 0 Å². The molecule has 0 radical (unpaired) electrons. The fourth-order valence-corrected chi connectivity index (χ4v) is 1.53. The second-order valence-electron chi connectivity index (χ2n) is 1.94. The van der Waals surface area contributed by atoms with E-state index in [1.807, 2.05) is 6.92 Å². The highest BCUT2D eigenvalue weighted by atomic mass is 31.2. The zero-order valence-corrected chi connectivity index (χ0v) is 6.56. The van der Waals surface area contributed by atoms with Gasteiger partial charge in [0.05, 0.1) is 12.7 Å². The van der Waals surface area contributed by atoms with Gasteiger partial charge in [-0.25, -0.2) is 0 Å². The van der Waals surface area contributed by atoms with E-state index in [0.717, 1.165) is 13.0 Å². The highest BCUT2D eigenvalue weighted by Gasteiger charge is 2.20. The Balaban J connectivity index is 2.23. The summed E-state index contributed by atoms with van der Waals surface area (Å²) in [7, 11) is 0.592. The van der Waals surface area contributed by atoms with Gasteiger partial charge in [0, 0.05) is 7.11 Å². The number of hydrogen-bond donors (Lipinski definition) is 0. The molecular formula is C5H11O3P. The van der Waals surface area contributed by atoms with E-state index in [4.69, 9.17) is 13.6 Å². The van der Waals surface area contributed by atoms with Gasteiger partial charge in [-0.15, -0.1) is 0 Å². The molecule has 0 spiro atoms. The second kappa shape index (κ2) is 3.47. The molecule has 1 heterocycles. The van der Waals surface area contributed by atoms with Crippen molar-refractivity contribution in [1.82, 2.24) is 0 Å². The van der Waals surface area contributed by atoms with E-state index in [2.05, 4.69) is 0 Å². The number of rotatable bonds is 1. The van der Waals surface area contributed by atoms with E-state index in [1.165, 1.54) is 0 Å². The van der Waals surface area contributed by atoms with E-state index >= 15 is 0 Å². The highest BCUT2D eigenvalue weighted by molar-refractivity contribution is 7.41. The molecule has 0 N–H and O–H groups in total. The summed E-state index contributed by atoms with van der Waals surface area (Å²) in [6.45, 7) is 2.79. The molecule has 0 unspecified atom stereocenters. The zero-order chi connectivity index (χ0) is 6.69. The Morgan fingerprint density at radius 2 is 2.44 bits per heavy atom. The first-order valence-corrected chi connectivity index (χ1v) is 4.06. The molecule has 0 amide bonds. The van der Waals surface area contributed by atoms with Crippen LogP contribution in [-0.4, -0.2) is 19.8 Å². The summed E-state index contributed by atoms with van der Waals surface area (Å²) in [6, 6.07) is 0. The van der Waals surface area contributed by atoms with Gasteiger partial charge in [-0.3, -0.25) is 0 Å². The smallest absolute Gasteiger partial charge is 0.316 e. The largest absolute Gasteiger partial charge is 0.332 e. The van der Waals surface area contributed by atoms with Crippen molar-refractivity contribution in [2.75, 3.05) is 13.7 Å². The molecular weight excluding hydrogens is 139 g/mol. The Hall–Kier alpha value is 0.310. The molecule has 9 heavy (non-hydrogen) atoms. The molecule has 4 heteroatoms. The standard InChI is InChI=1S/C5H11O3P/c1-5-3-4-7-9(6-2)8-5/h5H,3-4H2,1-2H3/t5-,9-/m1/s1. The summed E-state index contributed by atoms with van der Waals surface area (Å²) in [6.07, 6.45) is 1.27. The highest BCUT2D eigenvalue weighted by Crippen LogP contribution is 2.43. The van der Waals surface area contributed by atoms with E-state index in [1.54, 1.807) is 7.11 Å². The maximum absolute atomic E-state index is 5.26. The van der Waals surface area contributed by atoms with Crippen LogP contribution in [0.4, 0.5) is 0 Å². The van der Waals surface area contributed by atoms with Crippen molar-refractivity contribution in [3.8, 4) is 0 Å². The second-order valence-corrected chi connectivity index (χ2v) is 3.23. The summed E-state index contributed by atoms with van der Waals surface area (Å²) >= 11 is 0. The SMILES string of the molecule is CO[P@]1OCC[C@@H](C)O1. The van der Waals surface area contributed by atoms with Gasteiger partial charge >= 0.3 is 8.60 Å². The lowest BCUT2D eigenvalue weighted by molar-refractivity contribution is 0.0806. The molecule has 1 aliphatic heterocycles. The van der Waals surface area contributed by atoms with Gasteiger partial charge in [0.15, 0.2) is 0 Å². The predicted molar refractivity (Wildman–Crippen MR) is 35.0 cm³/mol. The van der Waals surface area contributed by atoms with Crippen molar-refractivity contribution in [1.29, 1.82) is 0 Å². The Bertz CT molecular complexity index is 88.3. The van der Waals surface area contributed by atoms with Crippen LogP contribution in [-0.2, 0) is 13.6 Å². The number of hydrogen-bond acceptors (Lipinski definition) is 3. The first-order valence-electron chi connectivity index (χ1n) is 2.97. The molecule has 0 aliphatic carbocycles. The molecule has 0 aromatic heterocycles. The summed E-state index contributed by atoms with van der Waals surface area (Å²) in [5.41, 5.74) is 0. The van der Waals surface area contributed by atoms with Gasteiger partial charge in [0.2, 0.25) is 0 Å². The lowest BCUT2D eigenvalue weighted by Gasteiger charge is -2.24. The molecule has 0 bridgehead atoms. The van der Waals surface area contributed by atoms with Crippen LogP contribution in [0, 0.1) is 0 Å². The van der Waals surface area contributed by atoms with Gasteiger partial charge in [-0.1, -0.05) is 0 Å². The molecule has 0 aromatic carbocycles. The Morgan fingerprint density at radius 3 is 2.89 bits per heavy atom. The molecule has 0 saturated carbocycles. The minimum atomic E-state index is -1.01. The molecule has 1 fully saturated rings. The van der Waals surface area contributed by atoms with Crippen LogP contribution in [0.5, 0.6) is 0 Å². The molecule has 1 aliphatic rings. The fraction of sp³-hybridized carbons (Fsp3) is 1.00. The molecule has 3 nitrogen and oxygen atoms in total. The van der Waals surface area contributed by atoms with Crippen LogP contribution in [0.15, 0.2) is 0 Å². The minimum Gasteiger partial charge on any atom is -0.316 e. The van der Waals surface area contributed by atoms with Crippen LogP contribution < -0.4 is 0 Å². The summed E-state index contributed by atoms with van der Waals surface area (Å²) in [5.74, 6) is 0. The van der Waals surface area contributed by atoms with Crippen LogP contribution >= 0.6 is 8.60 Å². The van der Waals surface area contributed by atoms with Crippen molar-refractivity contribution in [3.05, 3.63) is 0 Å². The normalized spacial score (nSPS) is 36.7. The van der Waals surface area contributed by atoms with Crippen molar-refractivity contribution in [2.45, 2.75) is 19.4 Å². The summed E-state index contributed by atoms with van der Waals surface area (Å²) in [5, 5.41) is 0. The van der Waals surface area contributed by atoms with Crippen LogP contribution in [0.1, 0.15) is 13.3 Å². The van der Waals surface area contributed by atoms with E-state index < -0.39 is 8.60 Å². The maximum atomic E-state index is 5.26. The molecule has 1 saturated heterocycles. The van der Waals surface area contributed by atoms with Gasteiger partial charge < -0.3 is 13.6 Å². The van der Waals surface area contributed by atoms with Gasteiger partial charge in [-0.2, -0.15) is 0 Å². The van der Waals surface area contributed by atoms with Crippen LogP contribution in [0.25, 0.3) is 0 Å². The maximum Gasteiger partial charge on any atom is 0.332 e. The molecule has 1 rings (SSSR count). The minimum absolute atomic E-state index is 0.296. The van der Waals surface area contributed by atoms with E-state index in [0.29, 0.717) is 6.10 Å². The topological polar surface area (TPSA) is 27.7 Å². The van der Waals surface area contributed by atoms with Crippen LogP contribution in [0.2, 0.25) is 0 Å². The molecule has 54 valence electrons. The average Bonchev–Trinajstić information content (AvgIpc) is 1.88. The summed E-state index contributed by atoms with van der Waals surface area (Å²) < 4.78 is 15.3. The van der Waals surface area contributed by atoms with Gasteiger partial charge in [0.1, 0.15) is 0 Å². The third-order valence-electron chi connectivity index (χ3n) is 1.14. The van der Waals surface area contributed by atoms with E-state index in [-0.39, 0.29) is 0 Å². The monoisotopic (exact) mass is 150 g/mol. The first kappa shape index (κ1) is 7.42. The average molecular weight is 150 g/mol. The Morgan fingerprint density at radius 1 is 1.67 bits per heavy atom. The Kier molecular flexibility index (Phi) is 2.86. The third-order valence-corrected chi connectivity index (χ3v) is 2.36. The van der Waals surface area contributed by atoms with E-state index in [9.17, 15) is 0 Å². The molecule has 2 atom stereocenters. The molecule has 0 aromatic rings. The van der Waals surface area contributed by atoms with Gasteiger partial charge in [0.25, 0.3) is 0 Å². The van der Waals surface area contributed by atoms with Crippen molar-refractivity contribution >= 4 is 8.60 Å². The lowest BCUT2D eigenvalue weighted by atomic mass is 10.3. The van der Waals surface area contributed by atoms with Crippen molar-refractivity contribution in [2.24, 2.45) is 0 Å². The zero-order valence-electron chi connectivity index (χ0n) is 5.66. The predicted octanol–water partition coefficient (Wildman–Crippen LogP) is 1.69. The summed E-state index contributed by atoms with van der Waals surface area (Å²) in [4.78, 5) is 0. The van der Waals surface area contributed by atoms with Crippen LogP contribution in [0.3, 0.4) is 0 Å². The quantitative estimate of drug-likeness (QED) is 0.532. The van der Waals surface area contributed by atoms with Gasteiger partial charge in [-0.05, 0) is 13.3 Å². The Labute approximate surface area is 56.3 Å². The third kappa shape index (κ3) is 2.18. The van der Waals surface area contributed by atoms with Crippen molar-refractivity contribution < 1.29 is 13.6 Å².